The van der Waals surface area contributed by atoms with Crippen LogP contribution in [-0.2, 0) is 9.59 Å². The Kier molecular flexibility index (Phi) is 0.975. The van der Waals surface area contributed by atoms with Gasteiger partial charge in [0, 0.05) is 13.1 Å². The van der Waals surface area contributed by atoms with Gasteiger partial charge in [-0.2, -0.15) is 0 Å². The van der Waals surface area contributed by atoms with Gasteiger partial charge in [0.1, 0.15) is 12.1 Å². The molecule has 3 aliphatic heterocycles. The fourth-order valence-corrected chi connectivity index (χ4v) is 2.20. The van der Waals surface area contributed by atoms with Gasteiger partial charge in [0.05, 0.1) is 0 Å². The molecule has 2 amide bonds. The molecular weight excluding hydrogens is 156 g/mol. The van der Waals surface area contributed by atoms with E-state index in [1.165, 1.54) is 0 Å². The Bertz CT molecular complexity index is 224. The molecule has 12 heavy (non-hydrogen) atoms. The van der Waals surface area contributed by atoms with Gasteiger partial charge in [-0.1, -0.05) is 0 Å². The monoisotopic (exact) mass is 166 g/mol. The number of carbonyl (C=O) groups excluding carboxylic acids is 2. The molecule has 3 aliphatic rings. The van der Waals surface area contributed by atoms with E-state index in [2.05, 4.69) is 0 Å². The molecule has 0 bridgehead atoms. The van der Waals surface area contributed by atoms with E-state index in [9.17, 15) is 9.59 Å². The number of piperazine rings is 1. The first-order chi connectivity index (χ1) is 5.79. The minimum Gasteiger partial charge on any atom is -0.329 e. The van der Waals surface area contributed by atoms with Gasteiger partial charge < -0.3 is 9.80 Å². The zero-order valence-electron chi connectivity index (χ0n) is 6.69. The minimum absolute atomic E-state index is 0.0888. The normalized spacial score (nSPS) is 38.3. The van der Waals surface area contributed by atoms with Gasteiger partial charge in [-0.05, 0) is 12.8 Å². The summed E-state index contributed by atoms with van der Waals surface area (Å²) in [5.41, 5.74) is 0. The molecule has 0 aromatic carbocycles. The van der Waals surface area contributed by atoms with Crippen molar-refractivity contribution in [1.29, 1.82) is 0 Å². The second-order valence-corrected chi connectivity index (χ2v) is 3.67. The van der Waals surface area contributed by atoms with Crippen molar-refractivity contribution in [3.63, 3.8) is 0 Å². The number of amides is 2. The molecular formula is C8H10N2O2. The van der Waals surface area contributed by atoms with E-state index < -0.39 is 0 Å². The molecule has 0 aliphatic carbocycles. The molecule has 2 atom stereocenters. The fraction of sp³-hybridized carbons (Fsp3) is 0.750. The van der Waals surface area contributed by atoms with E-state index in [0.717, 1.165) is 25.9 Å². The molecule has 0 radical (unpaired) electrons. The van der Waals surface area contributed by atoms with Crippen molar-refractivity contribution in [2.75, 3.05) is 13.1 Å². The van der Waals surface area contributed by atoms with Crippen LogP contribution in [0.4, 0.5) is 0 Å². The number of hydrogen-bond donors (Lipinski definition) is 0. The van der Waals surface area contributed by atoms with Crippen molar-refractivity contribution >= 4 is 11.8 Å². The first-order valence-electron chi connectivity index (χ1n) is 4.40. The summed E-state index contributed by atoms with van der Waals surface area (Å²) in [5, 5.41) is 0. The van der Waals surface area contributed by atoms with Gasteiger partial charge in [-0.3, -0.25) is 9.59 Å². The Morgan fingerprint density at radius 2 is 1.33 bits per heavy atom. The largest absolute Gasteiger partial charge is 0.329 e. The highest BCUT2D eigenvalue weighted by Crippen LogP contribution is 2.33. The molecule has 0 unspecified atom stereocenters. The number of nitrogens with zero attached hydrogens (tertiary/aromatic N) is 2. The summed E-state index contributed by atoms with van der Waals surface area (Å²) in [6, 6.07) is -0.178. The Hall–Kier alpha value is -1.06. The predicted octanol–water partition coefficient (Wildman–Crippen LogP) is -0.798. The van der Waals surface area contributed by atoms with E-state index in [4.69, 9.17) is 0 Å². The molecule has 0 saturated carbocycles. The van der Waals surface area contributed by atoms with Gasteiger partial charge in [-0.25, -0.2) is 0 Å². The Balaban J connectivity index is 1.94. The quantitative estimate of drug-likeness (QED) is 0.473. The third kappa shape index (κ3) is 0.519. The molecule has 3 saturated heterocycles. The van der Waals surface area contributed by atoms with E-state index in [0.29, 0.717) is 0 Å². The second kappa shape index (κ2) is 1.81. The summed E-state index contributed by atoms with van der Waals surface area (Å²) < 4.78 is 0. The van der Waals surface area contributed by atoms with Crippen LogP contribution < -0.4 is 0 Å². The molecule has 4 nitrogen and oxygen atoms in total. The molecule has 4 heteroatoms. The van der Waals surface area contributed by atoms with Crippen LogP contribution >= 0.6 is 0 Å². The third-order valence-electron chi connectivity index (χ3n) is 3.18. The van der Waals surface area contributed by atoms with Crippen LogP contribution in [0.5, 0.6) is 0 Å². The van der Waals surface area contributed by atoms with Crippen LogP contribution in [0.2, 0.25) is 0 Å². The van der Waals surface area contributed by atoms with E-state index in [-0.39, 0.29) is 23.9 Å². The first kappa shape index (κ1) is 6.46. The molecule has 0 N–H and O–H groups in total. The Morgan fingerprint density at radius 3 is 1.58 bits per heavy atom. The van der Waals surface area contributed by atoms with Crippen LogP contribution in [0.1, 0.15) is 12.8 Å². The highest BCUT2D eigenvalue weighted by molar-refractivity contribution is 5.99. The van der Waals surface area contributed by atoms with Crippen molar-refractivity contribution < 1.29 is 9.59 Å². The van der Waals surface area contributed by atoms with Crippen molar-refractivity contribution in [1.82, 2.24) is 9.80 Å². The van der Waals surface area contributed by atoms with E-state index >= 15 is 0 Å². The summed E-state index contributed by atoms with van der Waals surface area (Å²) in [4.78, 5) is 26.5. The lowest BCUT2D eigenvalue weighted by atomic mass is 9.88. The van der Waals surface area contributed by atoms with Crippen molar-refractivity contribution in [3.8, 4) is 0 Å². The fourth-order valence-electron chi connectivity index (χ4n) is 2.20. The van der Waals surface area contributed by atoms with Crippen LogP contribution in [0.3, 0.4) is 0 Å². The molecule has 3 rings (SSSR count). The summed E-state index contributed by atoms with van der Waals surface area (Å²) in [7, 11) is 0. The smallest absolute Gasteiger partial charge is 0.246 e. The third-order valence-corrected chi connectivity index (χ3v) is 3.18. The van der Waals surface area contributed by atoms with Crippen LogP contribution in [0, 0.1) is 0 Å². The number of carbonyl (C=O) groups is 2. The Morgan fingerprint density at radius 1 is 0.917 bits per heavy atom. The Labute approximate surface area is 70.1 Å². The van der Waals surface area contributed by atoms with Crippen LogP contribution in [0.25, 0.3) is 0 Å². The molecule has 3 fully saturated rings. The summed E-state index contributed by atoms with van der Waals surface area (Å²) in [6.45, 7) is 1.58. The number of hydrogen-bond acceptors (Lipinski definition) is 2. The molecule has 64 valence electrons. The summed E-state index contributed by atoms with van der Waals surface area (Å²) in [5.74, 6) is 0.356. The molecule has 0 spiro atoms. The topological polar surface area (TPSA) is 40.6 Å². The van der Waals surface area contributed by atoms with Gasteiger partial charge in [0.2, 0.25) is 11.8 Å². The molecule has 3 heterocycles. The van der Waals surface area contributed by atoms with Gasteiger partial charge in [-0.15, -0.1) is 0 Å². The zero-order chi connectivity index (χ0) is 8.29. The maximum Gasteiger partial charge on any atom is 0.246 e. The maximum absolute atomic E-state index is 11.5. The van der Waals surface area contributed by atoms with Crippen LogP contribution in [-0.4, -0.2) is 46.8 Å². The number of rotatable bonds is 0. The lowest BCUT2D eigenvalue weighted by Gasteiger charge is -2.54. The zero-order valence-corrected chi connectivity index (χ0v) is 6.69. The van der Waals surface area contributed by atoms with Crippen molar-refractivity contribution in [2.45, 2.75) is 24.9 Å². The predicted molar refractivity (Wildman–Crippen MR) is 40.2 cm³/mol. The number of fused-ring (bicyclic) bond motifs is 2. The van der Waals surface area contributed by atoms with Gasteiger partial charge in [0.15, 0.2) is 0 Å². The first-order valence-corrected chi connectivity index (χ1v) is 4.40. The highest BCUT2D eigenvalue weighted by atomic mass is 16.2. The minimum atomic E-state index is -0.0888. The van der Waals surface area contributed by atoms with Crippen LogP contribution in [0.15, 0.2) is 0 Å². The maximum atomic E-state index is 11.5. The van der Waals surface area contributed by atoms with Crippen molar-refractivity contribution in [2.24, 2.45) is 0 Å². The summed E-state index contributed by atoms with van der Waals surface area (Å²) >= 11 is 0. The van der Waals surface area contributed by atoms with Gasteiger partial charge >= 0.3 is 0 Å². The second-order valence-electron chi connectivity index (χ2n) is 3.67. The SMILES string of the molecule is O=C1[C@@H]2CCN2C(=O)[C@@H]2CCN12. The standard InChI is InChI=1S/C8H10N2O2/c11-7-5-1-3-9(5)8(12)6-2-4-10(6)7/h5-6H,1-4H2/t5-,6-/m0/s1. The lowest BCUT2D eigenvalue weighted by molar-refractivity contribution is -0.177. The summed E-state index contributed by atoms with van der Waals surface area (Å²) in [6.07, 6.45) is 1.74. The van der Waals surface area contributed by atoms with Crippen molar-refractivity contribution in [3.05, 3.63) is 0 Å². The van der Waals surface area contributed by atoms with Gasteiger partial charge in [0.25, 0.3) is 0 Å². The average molecular weight is 166 g/mol. The highest BCUT2D eigenvalue weighted by Gasteiger charge is 2.53. The van der Waals surface area contributed by atoms with E-state index in [1.54, 1.807) is 9.80 Å². The average Bonchev–Trinajstić information content (AvgIpc) is 1.78. The van der Waals surface area contributed by atoms with E-state index in [1.807, 2.05) is 0 Å². The molecule has 0 aromatic heterocycles. The lowest BCUT2D eigenvalue weighted by Crippen LogP contribution is -2.73. The molecule has 0 aromatic rings.